The molecule has 6 nitrogen and oxygen atoms in total. The van der Waals surface area contributed by atoms with Crippen LogP contribution in [-0.2, 0) is 22.4 Å². The van der Waals surface area contributed by atoms with E-state index in [9.17, 15) is 9.59 Å². The molecule has 6 heteroatoms. The molecule has 0 bridgehead atoms. The van der Waals surface area contributed by atoms with Crippen molar-refractivity contribution in [3.05, 3.63) is 107 Å². The van der Waals surface area contributed by atoms with Gasteiger partial charge in [0.25, 0.3) is 5.91 Å². The minimum Gasteiger partial charge on any atom is -0.356 e. The summed E-state index contributed by atoms with van der Waals surface area (Å²) in [5.74, 6) is -0.236. The quantitative estimate of drug-likeness (QED) is 0.478. The van der Waals surface area contributed by atoms with Crippen molar-refractivity contribution in [1.29, 1.82) is 0 Å². The molecule has 2 unspecified atom stereocenters. The van der Waals surface area contributed by atoms with Gasteiger partial charge in [-0.05, 0) is 22.8 Å². The normalized spacial score (nSPS) is 20.1. The van der Waals surface area contributed by atoms with E-state index in [-0.39, 0.29) is 24.4 Å². The third kappa shape index (κ3) is 3.39. The van der Waals surface area contributed by atoms with E-state index in [4.69, 9.17) is 0 Å². The Morgan fingerprint density at radius 3 is 2.41 bits per heavy atom. The van der Waals surface area contributed by atoms with E-state index < -0.39 is 6.04 Å². The highest BCUT2D eigenvalue weighted by molar-refractivity contribution is 5.97. The molecule has 2 atom stereocenters. The van der Waals surface area contributed by atoms with Gasteiger partial charge in [-0.15, -0.1) is 0 Å². The van der Waals surface area contributed by atoms with Crippen LogP contribution >= 0.6 is 0 Å². The molecule has 3 aromatic carbocycles. The number of carbonyl (C=O) groups excluding carboxylic acids is 2. The Morgan fingerprint density at radius 2 is 1.62 bits per heavy atom. The number of rotatable bonds is 4. The second kappa shape index (κ2) is 8.30. The van der Waals surface area contributed by atoms with Crippen LogP contribution in [-0.4, -0.2) is 45.5 Å². The first-order chi connectivity index (χ1) is 16.7. The fourth-order valence-electron chi connectivity index (χ4n) is 5.19. The molecule has 6 rings (SSSR count). The molecule has 1 aromatic heterocycles. The van der Waals surface area contributed by atoms with Gasteiger partial charge in [0.1, 0.15) is 12.6 Å². The van der Waals surface area contributed by atoms with Gasteiger partial charge in [0, 0.05) is 35.7 Å². The summed E-state index contributed by atoms with van der Waals surface area (Å²) in [6, 6.07) is 27.1. The number of piperazine rings is 1. The summed E-state index contributed by atoms with van der Waals surface area (Å²) in [6.07, 6.45) is 2.79. The summed E-state index contributed by atoms with van der Waals surface area (Å²) in [5, 5.41) is 6.85. The van der Waals surface area contributed by atoms with Crippen molar-refractivity contribution in [3.8, 4) is 0 Å². The minimum atomic E-state index is -0.591. The number of hydrazone groups is 1. The highest BCUT2D eigenvalue weighted by Crippen LogP contribution is 2.42. The first kappa shape index (κ1) is 20.4. The number of nitrogens with zero attached hydrogens (tertiary/aromatic N) is 3. The summed E-state index contributed by atoms with van der Waals surface area (Å²) in [4.78, 5) is 32.4. The Balaban J connectivity index is 1.38. The van der Waals surface area contributed by atoms with Gasteiger partial charge in [0.05, 0.1) is 6.04 Å². The largest absolute Gasteiger partial charge is 0.356 e. The van der Waals surface area contributed by atoms with Crippen molar-refractivity contribution in [1.82, 2.24) is 14.9 Å². The Bertz CT molecular complexity index is 1390. The van der Waals surface area contributed by atoms with Crippen LogP contribution < -0.4 is 0 Å². The average molecular weight is 449 g/mol. The number of hydrogen-bond acceptors (Lipinski definition) is 3. The molecule has 0 radical (unpaired) electrons. The van der Waals surface area contributed by atoms with Crippen LogP contribution in [0.2, 0.25) is 0 Å². The Labute approximate surface area is 197 Å². The molecule has 1 N–H and O–H groups in total. The fourth-order valence-corrected chi connectivity index (χ4v) is 5.19. The van der Waals surface area contributed by atoms with Crippen LogP contribution in [0, 0.1) is 0 Å². The van der Waals surface area contributed by atoms with Crippen LogP contribution in [0.15, 0.2) is 90.0 Å². The predicted octanol–water partition coefficient (Wildman–Crippen LogP) is 4.08. The van der Waals surface area contributed by atoms with E-state index in [2.05, 4.69) is 16.2 Å². The molecule has 168 valence electrons. The lowest BCUT2D eigenvalue weighted by molar-refractivity contribution is -0.158. The molecular weight excluding hydrogens is 424 g/mol. The van der Waals surface area contributed by atoms with Crippen molar-refractivity contribution in [2.75, 3.05) is 6.54 Å². The number of para-hydroxylation sites is 1. The van der Waals surface area contributed by atoms with Crippen LogP contribution in [0.5, 0.6) is 0 Å². The van der Waals surface area contributed by atoms with Crippen LogP contribution in [0.25, 0.3) is 10.9 Å². The molecular formula is C28H24N4O2. The lowest BCUT2D eigenvalue weighted by Gasteiger charge is -2.45. The number of H-pyrrole nitrogens is 1. The molecule has 0 saturated carbocycles. The number of aromatic nitrogens is 1. The Kier molecular flexibility index (Phi) is 4.99. The molecule has 0 spiro atoms. The minimum absolute atomic E-state index is 0.0560. The topological polar surface area (TPSA) is 68.8 Å². The van der Waals surface area contributed by atoms with E-state index in [1.807, 2.05) is 78.9 Å². The lowest BCUT2D eigenvalue weighted by Crippen LogP contribution is -2.61. The molecule has 2 amide bonds. The number of amides is 2. The monoisotopic (exact) mass is 448 g/mol. The third-order valence-corrected chi connectivity index (χ3v) is 6.75. The van der Waals surface area contributed by atoms with Gasteiger partial charge in [-0.3, -0.25) is 9.59 Å². The van der Waals surface area contributed by atoms with Crippen molar-refractivity contribution in [2.45, 2.75) is 24.9 Å². The van der Waals surface area contributed by atoms with E-state index in [0.717, 1.165) is 33.3 Å². The molecule has 34 heavy (non-hydrogen) atoms. The molecule has 0 aliphatic carbocycles. The standard InChI is InChI=1S/C28H24N4O2/c33-25-18-31(29-16-15-19-9-3-1-4-10-19)28(34)24-17-22-21-13-7-8-14-23(21)30-26(22)27(32(24)25)20-11-5-2-6-12-20/h1-14,16,24,27,30H,15,17-18H2. The van der Waals surface area contributed by atoms with E-state index in [1.165, 1.54) is 5.01 Å². The zero-order chi connectivity index (χ0) is 23.1. The van der Waals surface area contributed by atoms with Crippen molar-refractivity contribution >= 4 is 28.9 Å². The zero-order valence-corrected chi connectivity index (χ0v) is 18.6. The molecule has 2 aliphatic heterocycles. The average Bonchev–Trinajstić information content (AvgIpc) is 3.25. The third-order valence-electron chi connectivity index (χ3n) is 6.75. The first-order valence-electron chi connectivity index (χ1n) is 11.5. The summed E-state index contributed by atoms with van der Waals surface area (Å²) < 4.78 is 0. The lowest BCUT2D eigenvalue weighted by atomic mass is 9.86. The van der Waals surface area contributed by atoms with Crippen molar-refractivity contribution in [2.24, 2.45) is 5.10 Å². The summed E-state index contributed by atoms with van der Waals surface area (Å²) in [6.45, 7) is -0.0560. The summed E-state index contributed by atoms with van der Waals surface area (Å²) >= 11 is 0. The molecule has 1 fully saturated rings. The number of benzene rings is 3. The SMILES string of the molecule is O=C1C2Cc3c([nH]c4ccccc34)C(c3ccccc3)N2C(=O)CN1N=CCc1ccccc1. The van der Waals surface area contributed by atoms with Gasteiger partial charge < -0.3 is 9.88 Å². The first-order valence-corrected chi connectivity index (χ1v) is 11.5. The van der Waals surface area contributed by atoms with Gasteiger partial charge in [-0.1, -0.05) is 78.9 Å². The molecule has 2 aliphatic rings. The number of hydrogen-bond donors (Lipinski definition) is 1. The second-order valence-electron chi connectivity index (χ2n) is 8.78. The number of nitrogens with one attached hydrogen (secondary N) is 1. The van der Waals surface area contributed by atoms with Crippen LogP contribution in [0.4, 0.5) is 0 Å². The molecule has 3 heterocycles. The summed E-state index contributed by atoms with van der Waals surface area (Å²) in [5.41, 5.74) is 5.20. The van der Waals surface area contributed by atoms with Gasteiger partial charge in [-0.25, -0.2) is 5.01 Å². The maximum Gasteiger partial charge on any atom is 0.266 e. The van der Waals surface area contributed by atoms with Crippen LogP contribution in [0.1, 0.15) is 28.4 Å². The smallest absolute Gasteiger partial charge is 0.266 e. The van der Waals surface area contributed by atoms with Gasteiger partial charge in [0.2, 0.25) is 5.91 Å². The van der Waals surface area contributed by atoms with E-state index >= 15 is 0 Å². The summed E-state index contributed by atoms with van der Waals surface area (Å²) in [7, 11) is 0. The van der Waals surface area contributed by atoms with Crippen LogP contribution in [0.3, 0.4) is 0 Å². The highest BCUT2D eigenvalue weighted by atomic mass is 16.2. The Morgan fingerprint density at radius 1 is 0.912 bits per heavy atom. The fraction of sp³-hybridized carbons (Fsp3) is 0.179. The zero-order valence-electron chi connectivity index (χ0n) is 18.6. The van der Waals surface area contributed by atoms with Crippen molar-refractivity contribution in [3.63, 3.8) is 0 Å². The van der Waals surface area contributed by atoms with Gasteiger partial charge >= 0.3 is 0 Å². The maximum atomic E-state index is 13.6. The maximum absolute atomic E-state index is 13.6. The molecule has 4 aromatic rings. The molecule has 1 saturated heterocycles. The number of carbonyl (C=O) groups is 2. The van der Waals surface area contributed by atoms with Crippen molar-refractivity contribution < 1.29 is 9.59 Å². The Hall–Kier alpha value is -4.19. The van der Waals surface area contributed by atoms with Gasteiger partial charge in [0.15, 0.2) is 0 Å². The predicted molar refractivity (Wildman–Crippen MR) is 131 cm³/mol. The van der Waals surface area contributed by atoms with Gasteiger partial charge in [-0.2, -0.15) is 5.10 Å². The highest BCUT2D eigenvalue weighted by Gasteiger charge is 2.48. The van der Waals surface area contributed by atoms with E-state index in [0.29, 0.717) is 12.8 Å². The number of fused-ring (bicyclic) bond motifs is 4. The second-order valence-corrected chi connectivity index (χ2v) is 8.78. The van der Waals surface area contributed by atoms with E-state index in [1.54, 1.807) is 11.1 Å². The number of aromatic amines is 1.